The molecule has 1 fully saturated rings. The van der Waals surface area contributed by atoms with E-state index in [1.54, 1.807) is 12.1 Å². The third kappa shape index (κ3) is 2.73. The van der Waals surface area contributed by atoms with E-state index in [0.717, 1.165) is 12.2 Å². The lowest BCUT2D eigenvalue weighted by Gasteiger charge is -2.03. The van der Waals surface area contributed by atoms with Gasteiger partial charge < -0.3 is 5.84 Å². The van der Waals surface area contributed by atoms with E-state index in [2.05, 4.69) is 10.2 Å². The molecule has 1 heterocycles. The standard InChI is InChI=1S/C12H11Cl2FN4S/c13-12(14)5-8(12)6-20-11-18-17-10(19(11)16)7-1-3-9(15)4-2-7/h1-4,8H,5-6,16H2/t8-/m1/s1. The predicted octanol–water partition coefficient (Wildman–Crippen LogP) is 3.08. The minimum Gasteiger partial charge on any atom is -0.335 e. The number of nitrogens with zero attached hydrogens (tertiary/aromatic N) is 3. The van der Waals surface area contributed by atoms with Crippen molar-refractivity contribution in [2.45, 2.75) is 15.9 Å². The van der Waals surface area contributed by atoms with Gasteiger partial charge in [0.2, 0.25) is 5.16 Å². The fourth-order valence-corrected chi connectivity index (χ4v) is 3.58. The molecule has 0 saturated heterocycles. The first-order chi connectivity index (χ1) is 9.47. The van der Waals surface area contributed by atoms with Crippen LogP contribution in [0.25, 0.3) is 11.4 Å². The molecule has 2 N–H and O–H groups in total. The van der Waals surface area contributed by atoms with Gasteiger partial charge in [-0.3, -0.25) is 0 Å². The van der Waals surface area contributed by atoms with Gasteiger partial charge in [0.25, 0.3) is 0 Å². The van der Waals surface area contributed by atoms with Crippen molar-refractivity contribution in [1.82, 2.24) is 14.9 Å². The van der Waals surface area contributed by atoms with Crippen molar-refractivity contribution in [2.24, 2.45) is 5.92 Å². The maximum atomic E-state index is 12.9. The molecule has 1 aliphatic rings. The zero-order valence-electron chi connectivity index (χ0n) is 10.3. The van der Waals surface area contributed by atoms with Crippen molar-refractivity contribution in [2.75, 3.05) is 11.6 Å². The van der Waals surface area contributed by atoms with Gasteiger partial charge in [-0.1, -0.05) is 11.8 Å². The highest BCUT2D eigenvalue weighted by Gasteiger charge is 2.51. The lowest BCUT2D eigenvalue weighted by atomic mass is 10.2. The van der Waals surface area contributed by atoms with Gasteiger partial charge in [0, 0.05) is 17.2 Å². The van der Waals surface area contributed by atoms with E-state index in [1.165, 1.54) is 28.6 Å². The van der Waals surface area contributed by atoms with Gasteiger partial charge in [-0.15, -0.1) is 33.4 Å². The topological polar surface area (TPSA) is 56.7 Å². The van der Waals surface area contributed by atoms with E-state index in [9.17, 15) is 4.39 Å². The third-order valence-corrected chi connectivity index (χ3v) is 5.17. The summed E-state index contributed by atoms with van der Waals surface area (Å²) in [6.07, 6.45) is 0.784. The van der Waals surface area contributed by atoms with Crippen LogP contribution < -0.4 is 5.84 Å². The predicted molar refractivity (Wildman–Crippen MR) is 78.8 cm³/mol. The van der Waals surface area contributed by atoms with E-state index >= 15 is 0 Å². The summed E-state index contributed by atoms with van der Waals surface area (Å²) in [6, 6.07) is 5.94. The van der Waals surface area contributed by atoms with Crippen molar-refractivity contribution in [1.29, 1.82) is 0 Å². The van der Waals surface area contributed by atoms with Crippen molar-refractivity contribution >= 4 is 35.0 Å². The first kappa shape index (κ1) is 14.0. The second-order valence-electron chi connectivity index (χ2n) is 4.66. The fourth-order valence-electron chi connectivity index (χ4n) is 1.80. The molecule has 106 valence electrons. The molecule has 2 aromatic rings. The van der Waals surface area contributed by atoms with Crippen LogP contribution in [-0.2, 0) is 0 Å². The van der Waals surface area contributed by atoms with Crippen LogP contribution in [0.1, 0.15) is 6.42 Å². The highest BCUT2D eigenvalue weighted by atomic mass is 35.5. The third-order valence-electron chi connectivity index (χ3n) is 3.14. The molecule has 1 atom stereocenters. The Hall–Kier alpha value is -0.980. The molecule has 1 aromatic carbocycles. The molecule has 1 saturated carbocycles. The summed E-state index contributed by atoms with van der Waals surface area (Å²) in [7, 11) is 0. The fraction of sp³-hybridized carbons (Fsp3) is 0.333. The van der Waals surface area contributed by atoms with Crippen LogP contribution in [0, 0.1) is 11.7 Å². The molecule has 0 unspecified atom stereocenters. The number of aromatic nitrogens is 3. The Kier molecular flexibility index (Phi) is 3.56. The Morgan fingerprint density at radius 3 is 2.60 bits per heavy atom. The zero-order chi connectivity index (χ0) is 14.3. The maximum absolute atomic E-state index is 12.9. The summed E-state index contributed by atoms with van der Waals surface area (Å²) in [4.78, 5) is 0. The lowest BCUT2D eigenvalue weighted by molar-refractivity contribution is 0.628. The SMILES string of the molecule is Nn1c(SC[C@H]2CC2(Cl)Cl)nnc1-c1ccc(F)cc1. The van der Waals surface area contributed by atoms with Gasteiger partial charge in [0.1, 0.15) is 10.2 Å². The normalized spacial score (nSPS) is 20.1. The van der Waals surface area contributed by atoms with E-state index in [1.807, 2.05) is 0 Å². The van der Waals surface area contributed by atoms with Gasteiger partial charge in [-0.2, -0.15) is 0 Å². The number of nitrogens with two attached hydrogens (primary N) is 1. The summed E-state index contributed by atoms with van der Waals surface area (Å²) in [5.41, 5.74) is 0.712. The molecule has 0 spiro atoms. The summed E-state index contributed by atoms with van der Waals surface area (Å²) in [5, 5.41) is 8.65. The first-order valence-corrected chi connectivity index (χ1v) is 7.68. The van der Waals surface area contributed by atoms with Crippen LogP contribution in [0.2, 0.25) is 0 Å². The first-order valence-electron chi connectivity index (χ1n) is 5.94. The second kappa shape index (κ2) is 5.09. The van der Waals surface area contributed by atoms with Gasteiger partial charge in [0.05, 0.1) is 0 Å². The molecule has 0 aliphatic heterocycles. The number of nitrogen functional groups attached to an aromatic ring is 1. The number of hydrogen-bond donors (Lipinski definition) is 1. The number of benzene rings is 1. The van der Waals surface area contributed by atoms with Gasteiger partial charge in [-0.05, 0) is 30.7 Å². The van der Waals surface area contributed by atoms with Gasteiger partial charge in [0.15, 0.2) is 5.82 Å². The molecule has 4 nitrogen and oxygen atoms in total. The van der Waals surface area contributed by atoms with E-state index in [-0.39, 0.29) is 11.7 Å². The van der Waals surface area contributed by atoms with E-state index < -0.39 is 4.33 Å². The van der Waals surface area contributed by atoms with Gasteiger partial charge >= 0.3 is 0 Å². The molecule has 0 radical (unpaired) electrons. The average Bonchev–Trinajstić information content (AvgIpc) is 2.85. The maximum Gasteiger partial charge on any atom is 0.210 e. The van der Waals surface area contributed by atoms with Crippen molar-refractivity contribution in [3.05, 3.63) is 30.1 Å². The number of alkyl halides is 2. The number of halogens is 3. The molecule has 1 aliphatic carbocycles. The van der Waals surface area contributed by atoms with Crippen molar-refractivity contribution < 1.29 is 4.39 Å². The molecule has 0 bridgehead atoms. The second-order valence-corrected chi connectivity index (χ2v) is 7.19. The molecular formula is C12H11Cl2FN4S. The number of thioether (sulfide) groups is 1. The van der Waals surface area contributed by atoms with Gasteiger partial charge in [-0.25, -0.2) is 9.07 Å². The van der Waals surface area contributed by atoms with Crippen LogP contribution >= 0.6 is 35.0 Å². The quantitative estimate of drug-likeness (QED) is 0.531. The van der Waals surface area contributed by atoms with E-state index in [4.69, 9.17) is 29.0 Å². The highest BCUT2D eigenvalue weighted by Crippen LogP contribution is 2.54. The average molecular weight is 333 g/mol. The Morgan fingerprint density at radius 1 is 1.35 bits per heavy atom. The Morgan fingerprint density at radius 2 is 2.00 bits per heavy atom. The monoisotopic (exact) mass is 332 g/mol. The molecule has 0 amide bonds. The van der Waals surface area contributed by atoms with Crippen LogP contribution in [0.4, 0.5) is 4.39 Å². The van der Waals surface area contributed by atoms with Crippen molar-refractivity contribution in [3.8, 4) is 11.4 Å². The lowest BCUT2D eigenvalue weighted by Crippen LogP contribution is -2.12. The van der Waals surface area contributed by atoms with E-state index in [0.29, 0.717) is 16.5 Å². The molecular weight excluding hydrogens is 322 g/mol. The van der Waals surface area contributed by atoms with Crippen LogP contribution in [-0.4, -0.2) is 25.0 Å². The largest absolute Gasteiger partial charge is 0.335 e. The van der Waals surface area contributed by atoms with Crippen LogP contribution in [0.3, 0.4) is 0 Å². The number of hydrogen-bond acceptors (Lipinski definition) is 4. The summed E-state index contributed by atoms with van der Waals surface area (Å²) < 4.78 is 13.7. The Balaban J connectivity index is 1.73. The van der Waals surface area contributed by atoms with Crippen LogP contribution in [0.15, 0.2) is 29.4 Å². The Bertz CT molecular complexity index is 629. The summed E-state index contributed by atoms with van der Waals surface area (Å²) in [5.74, 6) is 7.14. The Labute approximate surface area is 129 Å². The highest BCUT2D eigenvalue weighted by molar-refractivity contribution is 7.99. The smallest absolute Gasteiger partial charge is 0.210 e. The molecule has 20 heavy (non-hydrogen) atoms. The minimum absolute atomic E-state index is 0.252. The summed E-state index contributed by atoms with van der Waals surface area (Å²) >= 11 is 13.4. The summed E-state index contributed by atoms with van der Waals surface area (Å²) in [6.45, 7) is 0. The van der Waals surface area contributed by atoms with Crippen LogP contribution in [0.5, 0.6) is 0 Å². The molecule has 8 heteroatoms. The zero-order valence-corrected chi connectivity index (χ0v) is 12.6. The molecule has 3 rings (SSSR count). The van der Waals surface area contributed by atoms with Crippen molar-refractivity contribution in [3.63, 3.8) is 0 Å². The minimum atomic E-state index is -0.605. The number of rotatable bonds is 4. The molecule has 1 aromatic heterocycles.